The fraction of sp³-hybridized carbons (Fsp3) is 0.533. The predicted octanol–water partition coefficient (Wildman–Crippen LogP) is 1.60. The zero-order chi connectivity index (χ0) is 14.2. The van der Waals surface area contributed by atoms with Gasteiger partial charge in [-0.1, -0.05) is 19.1 Å². The van der Waals surface area contributed by atoms with Crippen LogP contribution in [0, 0.1) is 12.8 Å². The highest BCUT2D eigenvalue weighted by molar-refractivity contribution is 6.00. The molecule has 2 N–H and O–H groups in total. The number of hydrogen-bond donors (Lipinski definition) is 1. The summed E-state index contributed by atoms with van der Waals surface area (Å²) in [6.45, 7) is 5.71. The Labute approximate surface area is 115 Å². The summed E-state index contributed by atoms with van der Waals surface area (Å²) in [7, 11) is 4.13. The molecule has 2 rings (SSSR count). The van der Waals surface area contributed by atoms with Gasteiger partial charge in [-0.15, -0.1) is 0 Å². The van der Waals surface area contributed by atoms with E-state index in [1.807, 2.05) is 24.0 Å². The van der Waals surface area contributed by atoms with Gasteiger partial charge in [0.1, 0.15) is 0 Å². The molecule has 0 saturated carbocycles. The van der Waals surface area contributed by atoms with Crippen LogP contribution in [-0.2, 0) is 0 Å². The molecule has 104 valence electrons. The van der Waals surface area contributed by atoms with Crippen molar-refractivity contribution in [1.29, 1.82) is 0 Å². The summed E-state index contributed by atoms with van der Waals surface area (Å²) in [5, 5.41) is 0. The molecule has 1 fully saturated rings. The molecule has 0 aromatic heterocycles. The summed E-state index contributed by atoms with van der Waals surface area (Å²) in [6, 6.07) is 6.04. The first-order valence-corrected chi connectivity index (χ1v) is 6.72. The van der Waals surface area contributed by atoms with E-state index < -0.39 is 0 Å². The molecule has 4 nitrogen and oxygen atoms in total. The molecule has 1 aliphatic rings. The number of likely N-dealkylation sites (tertiary alicyclic amines) is 1. The molecule has 1 aromatic carbocycles. The monoisotopic (exact) mass is 261 g/mol. The lowest BCUT2D eigenvalue weighted by molar-refractivity contribution is 0.0782. The van der Waals surface area contributed by atoms with Gasteiger partial charge < -0.3 is 15.5 Å². The van der Waals surface area contributed by atoms with Crippen LogP contribution in [-0.4, -0.2) is 48.9 Å². The number of carbonyl (C=O) groups is 1. The SMILES string of the molecule is Cc1cccc(N)c1C(=O)N1CC(C)C(N(C)C)C1. The molecule has 4 heteroatoms. The Balaban J connectivity index is 2.22. The van der Waals surface area contributed by atoms with Crippen LogP contribution in [0.4, 0.5) is 5.69 Å². The lowest BCUT2D eigenvalue weighted by Crippen LogP contribution is -2.36. The van der Waals surface area contributed by atoms with Crippen molar-refractivity contribution >= 4 is 11.6 Å². The second kappa shape index (κ2) is 5.21. The first kappa shape index (κ1) is 13.9. The molecule has 1 amide bonds. The lowest BCUT2D eigenvalue weighted by Gasteiger charge is -2.22. The zero-order valence-corrected chi connectivity index (χ0v) is 12.2. The first-order chi connectivity index (χ1) is 8.91. The van der Waals surface area contributed by atoms with Gasteiger partial charge in [-0.05, 0) is 38.6 Å². The Morgan fingerprint density at radius 1 is 1.37 bits per heavy atom. The van der Waals surface area contributed by atoms with Gasteiger partial charge in [-0.2, -0.15) is 0 Å². The average molecular weight is 261 g/mol. The minimum Gasteiger partial charge on any atom is -0.398 e. The number of amides is 1. The molecule has 0 aliphatic carbocycles. The summed E-state index contributed by atoms with van der Waals surface area (Å²) in [5.74, 6) is 0.552. The van der Waals surface area contributed by atoms with E-state index in [1.54, 1.807) is 6.07 Å². The highest BCUT2D eigenvalue weighted by atomic mass is 16.2. The van der Waals surface area contributed by atoms with Crippen LogP contribution < -0.4 is 5.73 Å². The second-order valence-corrected chi connectivity index (χ2v) is 5.76. The Kier molecular flexibility index (Phi) is 3.80. The normalized spacial score (nSPS) is 23.1. The largest absolute Gasteiger partial charge is 0.398 e. The summed E-state index contributed by atoms with van der Waals surface area (Å²) < 4.78 is 0. The number of nitrogens with zero attached hydrogens (tertiary/aromatic N) is 2. The molecule has 0 bridgehead atoms. The van der Waals surface area contributed by atoms with Gasteiger partial charge in [0.2, 0.25) is 0 Å². The van der Waals surface area contributed by atoms with E-state index in [0.717, 1.165) is 18.7 Å². The van der Waals surface area contributed by atoms with E-state index in [4.69, 9.17) is 5.73 Å². The molecule has 1 aliphatic heterocycles. The van der Waals surface area contributed by atoms with Gasteiger partial charge in [-0.3, -0.25) is 4.79 Å². The number of aryl methyl sites for hydroxylation is 1. The summed E-state index contributed by atoms with van der Waals surface area (Å²) in [5.41, 5.74) is 8.15. The molecule has 0 radical (unpaired) electrons. The van der Waals surface area contributed by atoms with Crippen molar-refractivity contribution in [2.45, 2.75) is 19.9 Å². The third kappa shape index (κ3) is 2.59. The van der Waals surface area contributed by atoms with Crippen LogP contribution in [0.5, 0.6) is 0 Å². The minimum absolute atomic E-state index is 0.0619. The zero-order valence-electron chi connectivity index (χ0n) is 12.2. The first-order valence-electron chi connectivity index (χ1n) is 6.72. The summed E-state index contributed by atoms with van der Waals surface area (Å²) in [6.07, 6.45) is 0. The van der Waals surface area contributed by atoms with Crippen LogP contribution in [0.1, 0.15) is 22.8 Å². The van der Waals surface area contributed by atoms with Gasteiger partial charge >= 0.3 is 0 Å². The van der Waals surface area contributed by atoms with Crippen LogP contribution >= 0.6 is 0 Å². The van der Waals surface area contributed by atoms with E-state index in [-0.39, 0.29) is 5.91 Å². The Morgan fingerprint density at radius 2 is 2.05 bits per heavy atom. The number of nitrogens with two attached hydrogens (primary N) is 1. The number of likely N-dealkylation sites (N-methyl/N-ethyl adjacent to an activating group) is 1. The van der Waals surface area contributed by atoms with Crippen LogP contribution in [0.2, 0.25) is 0 Å². The van der Waals surface area contributed by atoms with Crippen molar-refractivity contribution < 1.29 is 4.79 Å². The van der Waals surface area contributed by atoms with Crippen molar-refractivity contribution in [2.24, 2.45) is 5.92 Å². The lowest BCUT2D eigenvalue weighted by atomic mass is 10.1. The van der Waals surface area contributed by atoms with Crippen molar-refractivity contribution in [3.8, 4) is 0 Å². The molecule has 0 spiro atoms. The van der Waals surface area contributed by atoms with Gasteiger partial charge in [0.15, 0.2) is 0 Å². The van der Waals surface area contributed by atoms with Crippen LogP contribution in [0.25, 0.3) is 0 Å². The number of benzene rings is 1. The van der Waals surface area contributed by atoms with E-state index in [0.29, 0.717) is 23.2 Å². The molecule has 1 heterocycles. The number of hydrogen-bond acceptors (Lipinski definition) is 3. The van der Waals surface area contributed by atoms with E-state index in [1.165, 1.54) is 0 Å². The van der Waals surface area contributed by atoms with Crippen molar-refractivity contribution in [3.63, 3.8) is 0 Å². The number of anilines is 1. The molecule has 19 heavy (non-hydrogen) atoms. The highest BCUT2D eigenvalue weighted by Gasteiger charge is 2.34. The standard InChI is InChI=1S/C15H23N3O/c1-10-6-5-7-12(16)14(10)15(19)18-8-11(2)13(9-18)17(3)4/h5-7,11,13H,8-9,16H2,1-4H3. The van der Waals surface area contributed by atoms with Gasteiger partial charge in [0, 0.05) is 24.8 Å². The molecular formula is C15H23N3O. The molecule has 1 saturated heterocycles. The van der Waals surface area contributed by atoms with Crippen molar-refractivity contribution in [1.82, 2.24) is 9.80 Å². The van der Waals surface area contributed by atoms with Crippen LogP contribution in [0.15, 0.2) is 18.2 Å². The Morgan fingerprint density at radius 3 is 2.58 bits per heavy atom. The third-order valence-electron chi connectivity index (χ3n) is 4.04. The quantitative estimate of drug-likeness (QED) is 0.823. The average Bonchev–Trinajstić information content (AvgIpc) is 2.71. The fourth-order valence-corrected chi connectivity index (χ4v) is 2.93. The van der Waals surface area contributed by atoms with Gasteiger partial charge in [0.05, 0.1) is 5.56 Å². The Hall–Kier alpha value is -1.55. The molecule has 2 unspecified atom stereocenters. The summed E-state index contributed by atoms with van der Waals surface area (Å²) in [4.78, 5) is 16.7. The number of carbonyl (C=O) groups excluding carboxylic acids is 1. The maximum absolute atomic E-state index is 12.6. The molecule has 2 atom stereocenters. The number of nitrogen functional groups attached to an aromatic ring is 1. The van der Waals surface area contributed by atoms with E-state index in [9.17, 15) is 4.79 Å². The minimum atomic E-state index is 0.0619. The van der Waals surface area contributed by atoms with Crippen LogP contribution in [0.3, 0.4) is 0 Å². The maximum Gasteiger partial charge on any atom is 0.256 e. The fourth-order valence-electron chi connectivity index (χ4n) is 2.93. The number of rotatable bonds is 2. The van der Waals surface area contributed by atoms with Gasteiger partial charge in [0.25, 0.3) is 5.91 Å². The van der Waals surface area contributed by atoms with Crippen molar-refractivity contribution in [3.05, 3.63) is 29.3 Å². The van der Waals surface area contributed by atoms with Gasteiger partial charge in [-0.25, -0.2) is 0 Å². The smallest absolute Gasteiger partial charge is 0.256 e. The third-order valence-corrected chi connectivity index (χ3v) is 4.04. The topological polar surface area (TPSA) is 49.6 Å². The summed E-state index contributed by atoms with van der Waals surface area (Å²) >= 11 is 0. The van der Waals surface area contributed by atoms with E-state index >= 15 is 0 Å². The van der Waals surface area contributed by atoms with Crippen molar-refractivity contribution in [2.75, 3.05) is 32.9 Å². The highest BCUT2D eigenvalue weighted by Crippen LogP contribution is 2.25. The maximum atomic E-state index is 12.6. The molecular weight excluding hydrogens is 238 g/mol. The Bertz CT molecular complexity index is 464. The second-order valence-electron chi connectivity index (χ2n) is 5.76. The molecule has 1 aromatic rings. The predicted molar refractivity (Wildman–Crippen MR) is 78.1 cm³/mol. The van der Waals surface area contributed by atoms with E-state index in [2.05, 4.69) is 25.9 Å².